The zero-order valence-electron chi connectivity index (χ0n) is 25.2. The smallest absolute Gasteiger partial charge is 0.252 e. The second-order valence-corrected chi connectivity index (χ2v) is 10.7. The van der Waals surface area contributed by atoms with Crippen molar-refractivity contribution in [1.29, 1.82) is 0 Å². The Morgan fingerprint density at radius 3 is 1.56 bits per heavy atom. The minimum atomic E-state index is -0.355. The summed E-state index contributed by atoms with van der Waals surface area (Å²) in [6.07, 6.45) is 0. The van der Waals surface area contributed by atoms with Gasteiger partial charge in [-0.05, 0) is 79.7 Å². The Morgan fingerprint density at radius 2 is 1.09 bits per heavy atom. The van der Waals surface area contributed by atoms with E-state index in [9.17, 15) is 9.59 Å². The van der Waals surface area contributed by atoms with E-state index in [1.54, 1.807) is 26.4 Å². The fourth-order valence-corrected chi connectivity index (χ4v) is 5.24. The SMILES string of the molecule is COc1ccc(-c2cc(C(=O)NC[C@@H](C)NC(=O)c3cc(-c4ccc(OC)cc4)nc4ccccc34)c3ccccc3n2)cc1. The Labute approximate surface area is 261 Å². The molecular weight excluding hydrogens is 564 g/mol. The molecule has 6 rings (SSSR count). The maximum atomic E-state index is 13.6. The molecule has 0 aliphatic carbocycles. The van der Waals surface area contributed by atoms with Gasteiger partial charge in [0.1, 0.15) is 11.5 Å². The Balaban J connectivity index is 1.21. The van der Waals surface area contributed by atoms with E-state index < -0.39 is 0 Å². The Hall–Kier alpha value is -5.76. The lowest BCUT2D eigenvalue weighted by molar-refractivity contribution is 0.0914. The van der Waals surface area contributed by atoms with Crippen molar-refractivity contribution in [2.75, 3.05) is 20.8 Å². The third-order valence-electron chi connectivity index (χ3n) is 7.64. The van der Waals surface area contributed by atoms with Crippen molar-refractivity contribution in [1.82, 2.24) is 20.6 Å². The summed E-state index contributed by atoms with van der Waals surface area (Å²) in [4.78, 5) is 36.7. The van der Waals surface area contributed by atoms with Gasteiger partial charge in [-0.3, -0.25) is 9.59 Å². The lowest BCUT2D eigenvalue weighted by atomic mass is 10.0. The highest BCUT2D eigenvalue weighted by molar-refractivity contribution is 6.08. The summed E-state index contributed by atoms with van der Waals surface area (Å²) in [5, 5.41) is 7.55. The first-order chi connectivity index (χ1) is 21.9. The zero-order chi connectivity index (χ0) is 31.3. The van der Waals surface area contributed by atoms with Crippen LogP contribution in [-0.2, 0) is 0 Å². The third kappa shape index (κ3) is 6.31. The van der Waals surface area contributed by atoms with E-state index in [4.69, 9.17) is 19.4 Å². The number of benzene rings is 4. The van der Waals surface area contributed by atoms with E-state index in [1.165, 1.54) is 0 Å². The molecule has 0 aliphatic rings. The van der Waals surface area contributed by atoms with Crippen molar-refractivity contribution in [3.05, 3.63) is 120 Å². The monoisotopic (exact) mass is 596 g/mol. The van der Waals surface area contributed by atoms with Gasteiger partial charge in [-0.1, -0.05) is 36.4 Å². The summed E-state index contributed by atoms with van der Waals surface area (Å²) >= 11 is 0. The van der Waals surface area contributed by atoms with Crippen LogP contribution < -0.4 is 20.1 Å². The van der Waals surface area contributed by atoms with Gasteiger partial charge in [-0.2, -0.15) is 0 Å². The number of carbonyl (C=O) groups is 2. The van der Waals surface area contributed by atoms with Crippen LogP contribution in [0.15, 0.2) is 109 Å². The number of nitrogens with one attached hydrogen (secondary N) is 2. The molecule has 0 bridgehead atoms. The summed E-state index contributed by atoms with van der Waals surface area (Å²) < 4.78 is 10.6. The fraction of sp³-hybridized carbons (Fsp3) is 0.135. The summed E-state index contributed by atoms with van der Waals surface area (Å²) in [6, 6.07) is 33.5. The number of amides is 2. The van der Waals surface area contributed by atoms with Gasteiger partial charge in [0.05, 0.1) is 47.8 Å². The summed E-state index contributed by atoms with van der Waals surface area (Å²) in [6.45, 7) is 2.09. The lowest BCUT2D eigenvalue weighted by Gasteiger charge is -2.17. The van der Waals surface area contributed by atoms with Crippen LogP contribution in [0.25, 0.3) is 44.3 Å². The van der Waals surface area contributed by atoms with E-state index in [-0.39, 0.29) is 24.4 Å². The van der Waals surface area contributed by atoms with Gasteiger partial charge in [0.25, 0.3) is 11.8 Å². The molecule has 2 amide bonds. The zero-order valence-corrected chi connectivity index (χ0v) is 25.2. The van der Waals surface area contributed by atoms with E-state index in [1.807, 2.05) is 104 Å². The molecule has 4 aromatic carbocycles. The van der Waals surface area contributed by atoms with Gasteiger partial charge in [-0.25, -0.2) is 9.97 Å². The van der Waals surface area contributed by atoms with Crippen molar-refractivity contribution in [2.45, 2.75) is 13.0 Å². The Bertz CT molecular complexity index is 2010. The maximum Gasteiger partial charge on any atom is 0.252 e. The van der Waals surface area contributed by atoms with Crippen molar-refractivity contribution < 1.29 is 19.1 Å². The van der Waals surface area contributed by atoms with E-state index in [0.717, 1.165) is 38.9 Å². The lowest BCUT2D eigenvalue weighted by Crippen LogP contribution is -2.42. The average Bonchev–Trinajstić information content (AvgIpc) is 3.09. The minimum absolute atomic E-state index is 0.230. The first-order valence-electron chi connectivity index (χ1n) is 14.6. The van der Waals surface area contributed by atoms with Gasteiger partial charge in [0, 0.05) is 34.5 Å². The van der Waals surface area contributed by atoms with Crippen LogP contribution in [0.5, 0.6) is 11.5 Å². The number of fused-ring (bicyclic) bond motifs is 2. The second-order valence-electron chi connectivity index (χ2n) is 10.7. The molecule has 2 heterocycles. The number of methoxy groups -OCH3 is 2. The first kappa shape index (κ1) is 29.3. The number of aromatic nitrogens is 2. The second kappa shape index (κ2) is 12.9. The summed E-state index contributed by atoms with van der Waals surface area (Å²) in [5.74, 6) is 0.984. The topological polar surface area (TPSA) is 102 Å². The third-order valence-corrected chi connectivity index (χ3v) is 7.64. The molecule has 2 aromatic heterocycles. The molecule has 0 saturated heterocycles. The van der Waals surface area contributed by atoms with Gasteiger partial charge >= 0.3 is 0 Å². The van der Waals surface area contributed by atoms with Gasteiger partial charge < -0.3 is 20.1 Å². The average molecular weight is 597 g/mol. The molecule has 0 saturated carbocycles. The van der Waals surface area contributed by atoms with Crippen LogP contribution in [0.1, 0.15) is 27.6 Å². The van der Waals surface area contributed by atoms with Crippen LogP contribution in [0, 0.1) is 0 Å². The predicted octanol–water partition coefficient (Wildman–Crippen LogP) is 6.68. The summed E-state index contributed by atoms with van der Waals surface area (Å²) in [7, 11) is 3.24. The fourth-order valence-electron chi connectivity index (χ4n) is 5.24. The quantitative estimate of drug-likeness (QED) is 0.193. The van der Waals surface area contributed by atoms with E-state index in [2.05, 4.69) is 10.6 Å². The Kier molecular flexibility index (Phi) is 8.37. The van der Waals surface area contributed by atoms with Gasteiger partial charge in [0.2, 0.25) is 0 Å². The molecular formula is C37H32N4O4. The van der Waals surface area contributed by atoms with Gasteiger partial charge in [0.15, 0.2) is 0 Å². The van der Waals surface area contributed by atoms with Crippen LogP contribution in [0.3, 0.4) is 0 Å². The highest BCUT2D eigenvalue weighted by atomic mass is 16.5. The molecule has 0 spiro atoms. The normalized spacial score (nSPS) is 11.6. The highest BCUT2D eigenvalue weighted by Crippen LogP contribution is 2.28. The molecule has 0 fully saturated rings. The largest absolute Gasteiger partial charge is 0.497 e. The van der Waals surface area contributed by atoms with Crippen LogP contribution in [0.2, 0.25) is 0 Å². The molecule has 6 aromatic rings. The Morgan fingerprint density at radius 1 is 0.644 bits per heavy atom. The van der Waals surface area contributed by atoms with Crippen molar-refractivity contribution in [3.63, 3.8) is 0 Å². The number of rotatable bonds is 9. The van der Waals surface area contributed by atoms with E-state index in [0.29, 0.717) is 28.0 Å². The number of ether oxygens (including phenoxy) is 2. The van der Waals surface area contributed by atoms with Crippen LogP contribution >= 0.6 is 0 Å². The number of para-hydroxylation sites is 2. The predicted molar refractivity (Wildman–Crippen MR) is 177 cm³/mol. The minimum Gasteiger partial charge on any atom is -0.497 e. The van der Waals surface area contributed by atoms with Crippen LogP contribution in [0.4, 0.5) is 0 Å². The molecule has 8 heteroatoms. The molecule has 224 valence electrons. The summed E-state index contributed by atoms with van der Waals surface area (Å²) in [5.41, 5.74) is 5.55. The molecule has 45 heavy (non-hydrogen) atoms. The molecule has 1 atom stereocenters. The molecule has 2 N–H and O–H groups in total. The van der Waals surface area contributed by atoms with Gasteiger partial charge in [-0.15, -0.1) is 0 Å². The maximum absolute atomic E-state index is 13.6. The van der Waals surface area contributed by atoms with Crippen molar-refractivity contribution >= 4 is 33.6 Å². The van der Waals surface area contributed by atoms with Crippen molar-refractivity contribution in [3.8, 4) is 34.0 Å². The van der Waals surface area contributed by atoms with Crippen molar-refractivity contribution in [2.24, 2.45) is 0 Å². The number of hydrogen-bond donors (Lipinski definition) is 2. The standard InChI is InChI=1S/C37H32N4O4/c1-23(39-37(43)31-21-35(25-14-18-27(45-3)19-15-25)41-33-11-7-5-9-29(31)33)22-38-36(42)30-20-34(24-12-16-26(44-2)17-13-24)40-32-10-6-4-8-28(30)32/h4-21,23H,22H2,1-3H3,(H,38,42)(H,39,43)/t23-/m1/s1. The number of pyridine rings is 2. The molecule has 0 radical (unpaired) electrons. The van der Waals surface area contributed by atoms with Crippen LogP contribution in [-0.4, -0.2) is 48.6 Å². The first-order valence-corrected chi connectivity index (χ1v) is 14.6. The molecule has 8 nitrogen and oxygen atoms in total. The number of nitrogens with zero attached hydrogens (tertiary/aromatic N) is 2. The number of carbonyl (C=O) groups excluding carboxylic acids is 2. The molecule has 0 aliphatic heterocycles. The molecule has 0 unspecified atom stereocenters. The highest BCUT2D eigenvalue weighted by Gasteiger charge is 2.18. The van der Waals surface area contributed by atoms with E-state index >= 15 is 0 Å². The number of hydrogen-bond acceptors (Lipinski definition) is 6.